The molecule has 38 heavy (non-hydrogen) atoms. The van der Waals surface area contributed by atoms with Gasteiger partial charge in [0, 0.05) is 29.2 Å². The van der Waals surface area contributed by atoms with Gasteiger partial charge in [0.1, 0.15) is 0 Å². The van der Waals surface area contributed by atoms with Gasteiger partial charge in [0.15, 0.2) is 17.3 Å². The molecule has 4 aliphatic carbocycles. The number of hydrogen-bond donors (Lipinski definition) is 0. The highest BCUT2D eigenvalue weighted by Crippen LogP contribution is 2.70. The Hall–Kier alpha value is -2.21. The van der Waals surface area contributed by atoms with Crippen LogP contribution in [0.2, 0.25) is 0 Å². The van der Waals surface area contributed by atoms with Gasteiger partial charge in [-0.25, -0.2) is 0 Å². The molecule has 0 spiro atoms. The van der Waals surface area contributed by atoms with Gasteiger partial charge in [0.2, 0.25) is 0 Å². The number of allylic oxidation sites excluding steroid dienone is 6. The van der Waals surface area contributed by atoms with Crippen LogP contribution in [0.15, 0.2) is 33.4 Å². The molecule has 4 aliphatic rings. The molecule has 0 aliphatic heterocycles. The van der Waals surface area contributed by atoms with Crippen LogP contribution in [0.5, 0.6) is 0 Å². The van der Waals surface area contributed by atoms with E-state index >= 15 is 0 Å². The molecule has 0 amide bonds. The van der Waals surface area contributed by atoms with E-state index in [1.54, 1.807) is 0 Å². The number of carbonyl (C=O) groups is 3. The van der Waals surface area contributed by atoms with Crippen molar-refractivity contribution in [2.45, 2.75) is 114 Å². The van der Waals surface area contributed by atoms with Crippen molar-refractivity contribution in [2.24, 2.45) is 39.9 Å². The predicted octanol–water partition coefficient (Wildman–Crippen LogP) is 8.00. The monoisotopic (exact) mass is 516 g/mol. The van der Waals surface area contributed by atoms with E-state index in [-0.39, 0.29) is 45.9 Å². The first-order valence-corrected chi connectivity index (χ1v) is 14.9. The summed E-state index contributed by atoms with van der Waals surface area (Å²) in [7, 11) is 0. The number of hydrogen-bond acceptors (Lipinski definition) is 3. The van der Waals surface area contributed by atoms with Crippen molar-refractivity contribution in [1.82, 2.24) is 0 Å². The lowest BCUT2D eigenvalue weighted by atomic mass is 9.37. The molecule has 3 nitrogen and oxygen atoms in total. The molecule has 0 N–H and O–H groups in total. The van der Waals surface area contributed by atoms with E-state index in [1.807, 2.05) is 6.92 Å². The molecule has 2 fully saturated rings. The SMILES string of the molecule is CCCCC#CC1CC(C(C)C)=C2CC3(C)CC4(C)CC(C)=C(C(C)=O)C(=O)C4(C)C(C)C3C(=O)C2=C1C. The van der Waals surface area contributed by atoms with Gasteiger partial charge in [-0.3, -0.25) is 14.4 Å². The zero-order chi connectivity index (χ0) is 28.4. The van der Waals surface area contributed by atoms with Gasteiger partial charge < -0.3 is 0 Å². The summed E-state index contributed by atoms with van der Waals surface area (Å²) in [5, 5.41) is 0. The van der Waals surface area contributed by atoms with Crippen LogP contribution in [0.25, 0.3) is 0 Å². The molecule has 6 unspecified atom stereocenters. The minimum absolute atomic E-state index is 0.0446. The van der Waals surface area contributed by atoms with E-state index in [1.165, 1.54) is 18.1 Å². The highest BCUT2D eigenvalue weighted by atomic mass is 16.2. The van der Waals surface area contributed by atoms with Crippen LogP contribution in [-0.2, 0) is 14.4 Å². The Kier molecular flexibility index (Phi) is 7.40. The fourth-order valence-corrected chi connectivity index (χ4v) is 9.08. The van der Waals surface area contributed by atoms with Crippen molar-refractivity contribution in [3.8, 4) is 11.8 Å². The van der Waals surface area contributed by atoms with E-state index in [9.17, 15) is 14.4 Å². The maximum absolute atomic E-state index is 14.7. The Balaban J connectivity index is 1.87. The summed E-state index contributed by atoms with van der Waals surface area (Å²) in [6, 6.07) is 0. The quantitative estimate of drug-likeness (QED) is 0.216. The van der Waals surface area contributed by atoms with Crippen molar-refractivity contribution in [1.29, 1.82) is 0 Å². The molecule has 206 valence electrons. The van der Waals surface area contributed by atoms with Crippen molar-refractivity contribution >= 4 is 17.3 Å². The number of carbonyl (C=O) groups excluding carboxylic acids is 3. The molecule has 0 aromatic heterocycles. The fraction of sp³-hybridized carbons (Fsp3) is 0.686. The van der Waals surface area contributed by atoms with Crippen LogP contribution in [0.4, 0.5) is 0 Å². The summed E-state index contributed by atoms with van der Waals surface area (Å²) in [6.07, 6.45) is 6.48. The summed E-state index contributed by atoms with van der Waals surface area (Å²) >= 11 is 0. The lowest BCUT2D eigenvalue weighted by Crippen LogP contribution is -2.64. The molecule has 0 bridgehead atoms. The summed E-state index contributed by atoms with van der Waals surface area (Å²) in [5.41, 5.74) is 4.73. The molecule has 0 radical (unpaired) electrons. The molecule has 0 heterocycles. The van der Waals surface area contributed by atoms with Crippen molar-refractivity contribution in [3.05, 3.63) is 33.4 Å². The van der Waals surface area contributed by atoms with Crippen LogP contribution < -0.4 is 0 Å². The van der Waals surface area contributed by atoms with Crippen molar-refractivity contribution in [3.63, 3.8) is 0 Å². The second kappa shape index (κ2) is 9.76. The molecule has 2 saturated carbocycles. The van der Waals surface area contributed by atoms with Crippen molar-refractivity contribution in [2.75, 3.05) is 0 Å². The smallest absolute Gasteiger partial charge is 0.173 e. The standard InChI is InChI=1S/C35H48O3/c1-11-12-13-14-15-25-16-26(20(2)3)27-18-33(8)19-34(9)17-21(4)28(24(7)36)32(38)35(34,10)23(6)30(33)31(37)29(27)22(25)5/h20,23,25,30H,11-13,16-19H2,1-10H3. The number of rotatable bonds is 4. The molecule has 0 aromatic rings. The first kappa shape index (κ1) is 28.8. The Labute approximate surface area is 231 Å². The van der Waals surface area contributed by atoms with E-state index in [4.69, 9.17) is 0 Å². The minimum atomic E-state index is -0.752. The van der Waals surface area contributed by atoms with Gasteiger partial charge in [0.05, 0.1) is 5.57 Å². The van der Waals surface area contributed by atoms with E-state index in [0.29, 0.717) is 11.5 Å². The number of fused-ring (bicyclic) bond motifs is 3. The molecule has 4 rings (SSSR count). The highest BCUT2D eigenvalue weighted by Gasteiger charge is 2.68. The van der Waals surface area contributed by atoms with Gasteiger partial charge >= 0.3 is 0 Å². The van der Waals surface area contributed by atoms with Crippen LogP contribution in [-0.4, -0.2) is 17.3 Å². The molecule has 0 saturated heterocycles. The third-order valence-corrected chi connectivity index (χ3v) is 11.1. The third kappa shape index (κ3) is 4.04. The summed E-state index contributed by atoms with van der Waals surface area (Å²) in [4.78, 5) is 41.4. The average molecular weight is 517 g/mol. The fourth-order valence-electron chi connectivity index (χ4n) is 9.08. The van der Waals surface area contributed by atoms with Gasteiger partial charge in [-0.05, 0) is 86.7 Å². The van der Waals surface area contributed by atoms with E-state index in [2.05, 4.69) is 67.2 Å². The highest BCUT2D eigenvalue weighted by molar-refractivity contribution is 6.23. The first-order chi connectivity index (χ1) is 17.6. The van der Waals surface area contributed by atoms with Crippen LogP contribution in [0.1, 0.15) is 114 Å². The molecule has 3 heteroatoms. The maximum atomic E-state index is 14.7. The van der Waals surface area contributed by atoms with Crippen LogP contribution in [0.3, 0.4) is 0 Å². The summed E-state index contributed by atoms with van der Waals surface area (Å²) in [5.74, 6) is 7.00. The Morgan fingerprint density at radius 3 is 2.34 bits per heavy atom. The maximum Gasteiger partial charge on any atom is 0.173 e. The second-order valence-electron chi connectivity index (χ2n) is 14.0. The predicted molar refractivity (Wildman–Crippen MR) is 154 cm³/mol. The average Bonchev–Trinajstić information content (AvgIpc) is 2.79. The Morgan fingerprint density at radius 1 is 1.11 bits per heavy atom. The zero-order valence-electron chi connectivity index (χ0n) is 25.5. The summed E-state index contributed by atoms with van der Waals surface area (Å²) < 4.78 is 0. The second-order valence-corrected chi connectivity index (χ2v) is 14.0. The third-order valence-electron chi connectivity index (χ3n) is 11.1. The van der Waals surface area contributed by atoms with Gasteiger partial charge in [-0.1, -0.05) is 72.0 Å². The molecular weight excluding hydrogens is 468 g/mol. The van der Waals surface area contributed by atoms with Gasteiger partial charge in [0.25, 0.3) is 0 Å². The lowest BCUT2D eigenvalue weighted by molar-refractivity contribution is -0.169. The van der Waals surface area contributed by atoms with E-state index < -0.39 is 5.41 Å². The van der Waals surface area contributed by atoms with Crippen molar-refractivity contribution < 1.29 is 14.4 Å². The Morgan fingerprint density at radius 2 is 1.76 bits per heavy atom. The summed E-state index contributed by atoms with van der Waals surface area (Å²) in [6.45, 7) is 21.0. The first-order valence-electron chi connectivity index (χ1n) is 14.9. The van der Waals surface area contributed by atoms with Gasteiger partial charge in [-0.2, -0.15) is 0 Å². The molecule has 6 atom stereocenters. The van der Waals surface area contributed by atoms with Crippen LogP contribution in [0, 0.1) is 51.8 Å². The minimum Gasteiger partial charge on any atom is -0.294 e. The molecule has 0 aromatic carbocycles. The topological polar surface area (TPSA) is 51.2 Å². The normalized spacial score (nSPS) is 37.1. The number of ketones is 3. The zero-order valence-corrected chi connectivity index (χ0v) is 25.5. The van der Waals surface area contributed by atoms with Crippen LogP contribution >= 0.6 is 0 Å². The van der Waals surface area contributed by atoms with E-state index in [0.717, 1.165) is 61.7 Å². The Bertz CT molecular complexity index is 1240. The molecular formula is C35H48O3. The largest absolute Gasteiger partial charge is 0.294 e. The van der Waals surface area contributed by atoms with Gasteiger partial charge in [-0.15, -0.1) is 5.92 Å². The number of Topliss-reactive ketones (excluding diaryl/α,β-unsaturated/α-hetero) is 3. The lowest BCUT2D eigenvalue weighted by Gasteiger charge is -2.65. The number of unbranched alkanes of at least 4 members (excludes halogenated alkanes) is 2.